The highest BCUT2D eigenvalue weighted by Gasteiger charge is 2.33. The second kappa shape index (κ2) is 8.72. The van der Waals surface area contributed by atoms with Gasteiger partial charge in [-0.25, -0.2) is 9.78 Å². The van der Waals surface area contributed by atoms with Gasteiger partial charge in [0.15, 0.2) is 0 Å². The number of aromatic nitrogens is 1. The summed E-state index contributed by atoms with van der Waals surface area (Å²) in [5.74, 6) is 0.605. The molecule has 0 radical (unpaired) electrons. The molecule has 1 aromatic heterocycles. The lowest BCUT2D eigenvalue weighted by Crippen LogP contribution is -2.36. The Hall–Kier alpha value is -2.76. The first-order valence-electron chi connectivity index (χ1n) is 10.6. The van der Waals surface area contributed by atoms with Gasteiger partial charge in [-0.3, -0.25) is 0 Å². The third-order valence-corrected chi connectivity index (χ3v) is 5.35. The molecule has 0 spiro atoms. The van der Waals surface area contributed by atoms with Gasteiger partial charge in [-0.1, -0.05) is 12.1 Å². The molecule has 1 N–H and O–H groups in total. The lowest BCUT2D eigenvalue weighted by molar-refractivity contribution is 0.205. The molecule has 2 fully saturated rings. The number of pyridine rings is 1. The van der Waals surface area contributed by atoms with E-state index in [1.54, 1.807) is 6.20 Å². The molecule has 2 aliphatic rings. The number of amides is 2. The number of nitrogens with zero attached hydrogens (tertiary/aromatic N) is 3. The molecule has 0 unspecified atom stereocenters. The van der Waals surface area contributed by atoms with Gasteiger partial charge in [0.2, 0.25) is 5.88 Å². The van der Waals surface area contributed by atoms with Gasteiger partial charge in [0.1, 0.15) is 0 Å². The van der Waals surface area contributed by atoms with Crippen LogP contribution < -0.4 is 15.0 Å². The van der Waals surface area contributed by atoms with E-state index >= 15 is 0 Å². The van der Waals surface area contributed by atoms with Crippen LogP contribution in [0.5, 0.6) is 5.88 Å². The summed E-state index contributed by atoms with van der Waals surface area (Å²) < 4.78 is 5.71. The fraction of sp³-hybridized carbons (Fsp3) is 0.478. The molecular formula is C23H30N4O2. The van der Waals surface area contributed by atoms with Crippen molar-refractivity contribution >= 4 is 17.4 Å². The maximum absolute atomic E-state index is 13.2. The molecule has 154 valence electrons. The van der Waals surface area contributed by atoms with Crippen molar-refractivity contribution in [3.63, 3.8) is 0 Å². The summed E-state index contributed by atoms with van der Waals surface area (Å²) in [4.78, 5) is 21.7. The number of urea groups is 1. The predicted octanol–water partition coefficient (Wildman–Crippen LogP) is 4.67. The van der Waals surface area contributed by atoms with Crippen LogP contribution in [0.25, 0.3) is 0 Å². The van der Waals surface area contributed by atoms with Crippen molar-refractivity contribution in [3.05, 3.63) is 48.2 Å². The van der Waals surface area contributed by atoms with E-state index in [4.69, 9.17) is 4.74 Å². The van der Waals surface area contributed by atoms with Crippen LogP contribution in [0.1, 0.15) is 45.1 Å². The SMILES string of the molecule is CC(C)Oc1cc(CN(C(=O)Nc2ccccc2N2CCCC2)C2CC2)ccn1. The third-order valence-electron chi connectivity index (χ3n) is 5.35. The predicted molar refractivity (Wildman–Crippen MR) is 115 cm³/mol. The van der Waals surface area contributed by atoms with E-state index in [2.05, 4.69) is 21.3 Å². The Morgan fingerprint density at radius 2 is 2.00 bits per heavy atom. The highest BCUT2D eigenvalue weighted by molar-refractivity contribution is 5.93. The van der Waals surface area contributed by atoms with Crippen molar-refractivity contribution in [3.8, 4) is 5.88 Å². The maximum atomic E-state index is 13.2. The van der Waals surface area contributed by atoms with Crippen LogP contribution in [0.3, 0.4) is 0 Å². The number of carbonyl (C=O) groups is 1. The summed E-state index contributed by atoms with van der Waals surface area (Å²) in [6, 6.07) is 12.3. The second-order valence-electron chi connectivity index (χ2n) is 8.17. The Kier molecular flexibility index (Phi) is 5.88. The van der Waals surface area contributed by atoms with Gasteiger partial charge in [-0.15, -0.1) is 0 Å². The molecule has 6 nitrogen and oxygen atoms in total. The van der Waals surface area contributed by atoms with Gasteiger partial charge >= 0.3 is 6.03 Å². The van der Waals surface area contributed by atoms with Crippen molar-refractivity contribution in [2.45, 2.75) is 58.2 Å². The van der Waals surface area contributed by atoms with E-state index in [0.717, 1.165) is 42.9 Å². The highest BCUT2D eigenvalue weighted by Crippen LogP contribution is 2.32. The smallest absolute Gasteiger partial charge is 0.322 e. The summed E-state index contributed by atoms with van der Waals surface area (Å²) in [6.45, 7) is 6.62. The van der Waals surface area contributed by atoms with E-state index in [9.17, 15) is 4.79 Å². The van der Waals surface area contributed by atoms with Gasteiger partial charge in [0.25, 0.3) is 0 Å². The van der Waals surface area contributed by atoms with Crippen molar-refractivity contribution in [2.75, 3.05) is 23.3 Å². The number of nitrogens with one attached hydrogen (secondary N) is 1. The molecule has 1 saturated heterocycles. The van der Waals surface area contributed by atoms with Gasteiger partial charge in [-0.05, 0) is 63.3 Å². The Morgan fingerprint density at radius 1 is 1.24 bits per heavy atom. The second-order valence-corrected chi connectivity index (χ2v) is 8.17. The third kappa shape index (κ3) is 5.00. The number of carbonyl (C=O) groups excluding carboxylic acids is 1. The number of benzene rings is 1. The summed E-state index contributed by atoms with van der Waals surface area (Å²) in [5.41, 5.74) is 3.04. The fourth-order valence-corrected chi connectivity index (χ4v) is 3.80. The number of hydrogen-bond acceptors (Lipinski definition) is 4. The van der Waals surface area contributed by atoms with Crippen LogP contribution >= 0.6 is 0 Å². The minimum absolute atomic E-state index is 0.0395. The van der Waals surface area contributed by atoms with E-state index in [1.165, 1.54) is 12.8 Å². The molecule has 1 aliphatic carbocycles. The number of ether oxygens (including phenoxy) is 1. The molecule has 29 heavy (non-hydrogen) atoms. The maximum Gasteiger partial charge on any atom is 0.322 e. The summed E-state index contributed by atoms with van der Waals surface area (Å²) in [7, 11) is 0. The summed E-state index contributed by atoms with van der Waals surface area (Å²) in [5, 5.41) is 3.17. The molecule has 2 heterocycles. The molecule has 1 aromatic carbocycles. The van der Waals surface area contributed by atoms with Crippen molar-refractivity contribution in [2.24, 2.45) is 0 Å². The Labute approximate surface area is 172 Å². The van der Waals surface area contributed by atoms with Crippen LogP contribution in [0.15, 0.2) is 42.6 Å². The zero-order chi connectivity index (χ0) is 20.2. The molecule has 1 saturated carbocycles. The molecule has 2 amide bonds. The standard InChI is InChI=1S/C23H30N4O2/c1-17(2)29-22-15-18(11-12-24-22)16-27(19-9-10-19)23(28)25-20-7-3-4-8-21(20)26-13-5-6-14-26/h3-4,7-8,11-12,15,17,19H,5-6,9-10,13-14,16H2,1-2H3,(H,25,28). The molecule has 2 aromatic rings. The van der Waals surface area contributed by atoms with Gasteiger partial charge in [0, 0.05) is 37.9 Å². The number of anilines is 2. The van der Waals surface area contributed by atoms with Crippen molar-refractivity contribution in [1.82, 2.24) is 9.88 Å². The molecule has 0 atom stereocenters. The highest BCUT2D eigenvalue weighted by atomic mass is 16.5. The molecule has 6 heteroatoms. The lowest BCUT2D eigenvalue weighted by Gasteiger charge is -2.26. The molecule has 1 aliphatic heterocycles. The number of hydrogen-bond donors (Lipinski definition) is 1. The van der Waals surface area contributed by atoms with E-state index in [1.807, 2.05) is 49.1 Å². The van der Waals surface area contributed by atoms with Crippen molar-refractivity contribution in [1.29, 1.82) is 0 Å². The average molecular weight is 395 g/mol. The lowest BCUT2D eigenvalue weighted by atomic mass is 10.2. The van der Waals surface area contributed by atoms with Crippen LogP contribution in [-0.4, -0.2) is 41.2 Å². The van der Waals surface area contributed by atoms with E-state index in [0.29, 0.717) is 18.5 Å². The van der Waals surface area contributed by atoms with Gasteiger partial charge in [-0.2, -0.15) is 0 Å². The minimum atomic E-state index is -0.0395. The molecule has 0 bridgehead atoms. The summed E-state index contributed by atoms with van der Waals surface area (Å²) >= 11 is 0. The fourth-order valence-electron chi connectivity index (χ4n) is 3.80. The van der Waals surface area contributed by atoms with Gasteiger partial charge < -0.3 is 19.9 Å². The normalized spacial score (nSPS) is 16.2. The van der Waals surface area contributed by atoms with Crippen LogP contribution in [0, 0.1) is 0 Å². The first-order valence-corrected chi connectivity index (χ1v) is 10.6. The van der Waals surface area contributed by atoms with E-state index < -0.39 is 0 Å². The Balaban J connectivity index is 1.48. The first-order chi connectivity index (χ1) is 14.1. The number of rotatable bonds is 7. The van der Waals surface area contributed by atoms with Gasteiger partial charge in [0.05, 0.1) is 17.5 Å². The van der Waals surface area contributed by atoms with Crippen LogP contribution in [-0.2, 0) is 6.54 Å². The van der Waals surface area contributed by atoms with Crippen LogP contribution in [0.2, 0.25) is 0 Å². The summed E-state index contributed by atoms with van der Waals surface area (Å²) in [6.07, 6.45) is 6.35. The zero-order valence-corrected chi connectivity index (χ0v) is 17.3. The quantitative estimate of drug-likeness (QED) is 0.742. The first kappa shape index (κ1) is 19.6. The minimum Gasteiger partial charge on any atom is -0.475 e. The Morgan fingerprint density at radius 3 is 2.72 bits per heavy atom. The topological polar surface area (TPSA) is 57.7 Å². The van der Waals surface area contributed by atoms with Crippen LogP contribution in [0.4, 0.5) is 16.2 Å². The molecule has 4 rings (SSSR count). The Bertz CT molecular complexity index is 844. The monoisotopic (exact) mass is 394 g/mol. The zero-order valence-electron chi connectivity index (χ0n) is 17.3. The van der Waals surface area contributed by atoms with Crippen molar-refractivity contribution < 1.29 is 9.53 Å². The number of para-hydroxylation sites is 2. The molecular weight excluding hydrogens is 364 g/mol. The average Bonchev–Trinajstić information content (AvgIpc) is 3.39. The van der Waals surface area contributed by atoms with E-state index in [-0.39, 0.29) is 12.1 Å². The largest absolute Gasteiger partial charge is 0.475 e.